The van der Waals surface area contributed by atoms with Crippen molar-refractivity contribution in [2.45, 2.75) is 25.5 Å². The first-order valence-electron chi connectivity index (χ1n) is 7.86. The lowest BCUT2D eigenvalue weighted by Crippen LogP contribution is -2.10. The Morgan fingerprint density at radius 1 is 1.31 bits per heavy atom. The maximum absolute atomic E-state index is 12.2. The molecule has 2 aromatic rings. The fourth-order valence-electron chi connectivity index (χ4n) is 2.34. The standard InChI is InChI=1S/C17H16N2O7/c1-24-17(21)12-6-7-25-15(12)9-26-16(20)10-2-5-13(18-11-3-4-11)14(8-10)19(22)23/h2,5-8,11,18H,3-4,9H2,1H3. The van der Waals surface area contributed by atoms with Crippen molar-refractivity contribution in [1.82, 2.24) is 0 Å². The second-order valence-electron chi connectivity index (χ2n) is 5.73. The van der Waals surface area contributed by atoms with Gasteiger partial charge in [-0.2, -0.15) is 0 Å². The second-order valence-corrected chi connectivity index (χ2v) is 5.73. The molecule has 0 bridgehead atoms. The summed E-state index contributed by atoms with van der Waals surface area (Å²) in [5.41, 5.74) is 0.354. The van der Waals surface area contributed by atoms with E-state index in [0.717, 1.165) is 18.9 Å². The van der Waals surface area contributed by atoms with E-state index in [-0.39, 0.29) is 35.2 Å². The normalized spacial score (nSPS) is 13.1. The Bertz CT molecular complexity index is 855. The topological polar surface area (TPSA) is 121 Å². The van der Waals surface area contributed by atoms with Crippen molar-refractivity contribution in [3.05, 3.63) is 57.5 Å². The van der Waals surface area contributed by atoms with E-state index in [4.69, 9.17) is 9.15 Å². The summed E-state index contributed by atoms with van der Waals surface area (Å²) < 4.78 is 14.8. The summed E-state index contributed by atoms with van der Waals surface area (Å²) in [5, 5.41) is 14.3. The van der Waals surface area contributed by atoms with E-state index >= 15 is 0 Å². The molecular formula is C17H16N2O7. The zero-order valence-electron chi connectivity index (χ0n) is 13.9. The molecule has 1 aliphatic carbocycles. The highest BCUT2D eigenvalue weighted by atomic mass is 16.6. The van der Waals surface area contributed by atoms with Crippen LogP contribution in [-0.4, -0.2) is 30.0 Å². The monoisotopic (exact) mass is 360 g/mol. The molecule has 1 heterocycles. The third kappa shape index (κ3) is 3.82. The van der Waals surface area contributed by atoms with Gasteiger partial charge in [0.05, 0.1) is 23.9 Å². The smallest absolute Gasteiger partial charge is 0.341 e. The van der Waals surface area contributed by atoms with Gasteiger partial charge in [-0.3, -0.25) is 10.1 Å². The molecule has 0 amide bonds. The number of nitrogens with zero attached hydrogens (tertiary/aromatic N) is 1. The lowest BCUT2D eigenvalue weighted by molar-refractivity contribution is -0.384. The van der Waals surface area contributed by atoms with Crippen LogP contribution in [0.1, 0.15) is 39.3 Å². The largest absolute Gasteiger partial charge is 0.465 e. The predicted molar refractivity (Wildman–Crippen MR) is 88.9 cm³/mol. The molecule has 0 aliphatic heterocycles. The van der Waals surface area contributed by atoms with Crippen LogP contribution >= 0.6 is 0 Å². The number of rotatable bonds is 7. The molecule has 0 saturated heterocycles. The second kappa shape index (κ2) is 7.26. The molecule has 9 heteroatoms. The van der Waals surface area contributed by atoms with Gasteiger partial charge in [-0.05, 0) is 31.0 Å². The van der Waals surface area contributed by atoms with Gasteiger partial charge in [-0.25, -0.2) is 9.59 Å². The van der Waals surface area contributed by atoms with E-state index in [1.165, 1.54) is 31.6 Å². The summed E-state index contributed by atoms with van der Waals surface area (Å²) in [5.74, 6) is -1.25. The number of furan rings is 1. The number of benzene rings is 1. The Balaban J connectivity index is 1.71. The predicted octanol–water partition coefficient (Wildman–Crippen LogP) is 2.91. The van der Waals surface area contributed by atoms with Crippen molar-refractivity contribution < 1.29 is 28.4 Å². The van der Waals surface area contributed by atoms with Crippen molar-refractivity contribution in [1.29, 1.82) is 0 Å². The van der Waals surface area contributed by atoms with E-state index < -0.39 is 16.9 Å². The average molecular weight is 360 g/mol. The maximum atomic E-state index is 12.2. The average Bonchev–Trinajstić information content (AvgIpc) is 3.32. The fourth-order valence-corrected chi connectivity index (χ4v) is 2.34. The minimum Gasteiger partial charge on any atom is -0.465 e. The van der Waals surface area contributed by atoms with Crippen LogP contribution in [0, 0.1) is 10.1 Å². The number of anilines is 1. The zero-order chi connectivity index (χ0) is 18.7. The van der Waals surface area contributed by atoms with E-state index in [1.807, 2.05) is 0 Å². The highest BCUT2D eigenvalue weighted by Crippen LogP contribution is 2.31. The van der Waals surface area contributed by atoms with Gasteiger partial charge < -0.3 is 19.2 Å². The number of carbonyl (C=O) groups is 2. The highest BCUT2D eigenvalue weighted by Gasteiger charge is 2.26. The highest BCUT2D eigenvalue weighted by molar-refractivity contribution is 5.92. The minimum absolute atomic E-state index is 0.0317. The number of nitrogens with one attached hydrogen (secondary N) is 1. The van der Waals surface area contributed by atoms with E-state index in [1.54, 1.807) is 0 Å². The van der Waals surface area contributed by atoms with Gasteiger partial charge >= 0.3 is 11.9 Å². The SMILES string of the molecule is COC(=O)c1ccoc1COC(=O)c1ccc(NC2CC2)c([N+](=O)[O-])c1. The molecule has 26 heavy (non-hydrogen) atoms. The molecule has 136 valence electrons. The molecule has 0 spiro atoms. The zero-order valence-corrected chi connectivity index (χ0v) is 13.9. The quantitative estimate of drug-likeness (QED) is 0.454. The van der Waals surface area contributed by atoms with Gasteiger partial charge in [-0.1, -0.05) is 0 Å². The number of hydrogen-bond acceptors (Lipinski definition) is 8. The molecule has 1 fully saturated rings. The van der Waals surface area contributed by atoms with E-state index in [9.17, 15) is 19.7 Å². The van der Waals surface area contributed by atoms with Crippen LogP contribution in [0.3, 0.4) is 0 Å². The minimum atomic E-state index is -0.765. The summed E-state index contributed by atoms with van der Waals surface area (Å²) >= 11 is 0. The van der Waals surface area contributed by atoms with Crippen LogP contribution in [0.15, 0.2) is 34.9 Å². The maximum Gasteiger partial charge on any atom is 0.341 e. The van der Waals surface area contributed by atoms with Gasteiger partial charge in [-0.15, -0.1) is 0 Å². The molecular weight excluding hydrogens is 344 g/mol. The van der Waals surface area contributed by atoms with Crippen molar-refractivity contribution >= 4 is 23.3 Å². The lowest BCUT2D eigenvalue weighted by atomic mass is 10.1. The molecule has 0 unspecified atom stereocenters. The van der Waals surface area contributed by atoms with Crippen LogP contribution in [-0.2, 0) is 16.1 Å². The third-order valence-corrected chi connectivity index (χ3v) is 3.85. The molecule has 1 aromatic carbocycles. The van der Waals surface area contributed by atoms with Gasteiger partial charge in [0, 0.05) is 12.1 Å². The molecule has 9 nitrogen and oxygen atoms in total. The van der Waals surface area contributed by atoms with Crippen molar-refractivity contribution in [2.75, 3.05) is 12.4 Å². The number of hydrogen-bond donors (Lipinski definition) is 1. The molecule has 1 saturated carbocycles. The number of methoxy groups -OCH3 is 1. The number of esters is 2. The number of ether oxygens (including phenoxy) is 2. The number of carbonyl (C=O) groups excluding carboxylic acids is 2. The Hall–Kier alpha value is -3.36. The van der Waals surface area contributed by atoms with E-state index in [0.29, 0.717) is 5.69 Å². The summed E-state index contributed by atoms with van der Waals surface area (Å²) in [7, 11) is 1.22. The lowest BCUT2D eigenvalue weighted by Gasteiger charge is -2.08. The van der Waals surface area contributed by atoms with Gasteiger partial charge in [0.2, 0.25) is 0 Å². The summed E-state index contributed by atoms with van der Waals surface area (Å²) in [6, 6.07) is 5.74. The Kier molecular flexibility index (Phi) is 4.87. The molecule has 1 aliphatic rings. The van der Waals surface area contributed by atoms with Crippen molar-refractivity contribution in [3.8, 4) is 0 Å². The molecule has 3 rings (SSSR count). The first kappa shape index (κ1) is 17.5. The molecule has 0 radical (unpaired) electrons. The molecule has 1 N–H and O–H groups in total. The fraction of sp³-hybridized carbons (Fsp3) is 0.294. The third-order valence-electron chi connectivity index (χ3n) is 3.85. The number of nitro benzene ring substituents is 1. The van der Waals surface area contributed by atoms with Crippen LogP contribution in [0.5, 0.6) is 0 Å². The Morgan fingerprint density at radius 3 is 2.73 bits per heavy atom. The van der Waals surface area contributed by atoms with Crippen LogP contribution < -0.4 is 5.32 Å². The van der Waals surface area contributed by atoms with E-state index in [2.05, 4.69) is 10.1 Å². The molecule has 0 atom stereocenters. The van der Waals surface area contributed by atoms with Crippen molar-refractivity contribution in [3.63, 3.8) is 0 Å². The Morgan fingerprint density at radius 2 is 2.08 bits per heavy atom. The van der Waals surface area contributed by atoms with Gasteiger partial charge in [0.25, 0.3) is 5.69 Å². The first-order valence-corrected chi connectivity index (χ1v) is 7.86. The number of nitro groups is 1. The van der Waals surface area contributed by atoms with Crippen LogP contribution in [0.25, 0.3) is 0 Å². The summed E-state index contributed by atoms with van der Waals surface area (Å²) in [6.45, 7) is -0.299. The summed E-state index contributed by atoms with van der Waals surface area (Å²) in [4.78, 5) is 34.4. The Labute approximate surface area is 148 Å². The summed E-state index contributed by atoms with van der Waals surface area (Å²) in [6.07, 6.45) is 3.21. The van der Waals surface area contributed by atoms with Gasteiger partial charge in [0.1, 0.15) is 11.3 Å². The first-order chi connectivity index (χ1) is 12.5. The van der Waals surface area contributed by atoms with Crippen LogP contribution in [0.2, 0.25) is 0 Å². The van der Waals surface area contributed by atoms with Gasteiger partial charge in [0.15, 0.2) is 12.4 Å². The van der Waals surface area contributed by atoms with Crippen molar-refractivity contribution in [2.24, 2.45) is 0 Å². The molecule has 1 aromatic heterocycles. The van der Waals surface area contributed by atoms with Crippen LogP contribution in [0.4, 0.5) is 11.4 Å².